The Balaban J connectivity index is 0.00000210. The average Bonchev–Trinajstić information content (AvgIpc) is 2.88. The maximum Gasteiger partial charge on any atom is 0.106 e. The van der Waals surface area contributed by atoms with Gasteiger partial charge >= 0.3 is 0 Å². The van der Waals surface area contributed by atoms with Crippen molar-refractivity contribution >= 4 is 29.3 Å². The van der Waals surface area contributed by atoms with Crippen LogP contribution >= 0.6 is 11.8 Å². The molecule has 3 aromatic rings. The normalized spacial score (nSPS) is 12.0. The predicted molar refractivity (Wildman–Crippen MR) is 157 cm³/mol. The lowest BCUT2D eigenvalue weighted by molar-refractivity contribution is -0.0979. The Kier molecular flexibility index (Phi) is 12.9. The van der Waals surface area contributed by atoms with Crippen molar-refractivity contribution in [2.75, 3.05) is 11.5 Å². The van der Waals surface area contributed by atoms with Crippen molar-refractivity contribution in [3.63, 3.8) is 0 Å². The SMILES string of the molecule is C=C/C=C(CCSCCc1ccccc1C)\C(CCC)=C(/C)Cc1ccc2ccccc2c1.C=O. The molecule has 3 rings (SSSR count). The predicted octanol–water partition coefficient (Wildman–Crippen LogP) is 9.10. The maximum absolute atomic E-state index is 8.00. The van der Waals surface area contributed by atoms with Crippen molar-refractivity contribution in [2.45, 2.75) is 52.9 Å². The topological polar surface area (TPSA) is 17.1 Å². The Morgan fingerprint density at radius 2 is 1.63 bits per heavy atom. The lowest BCUT2D eigenvalue weighted by Gasteiger charge is -2.17. The zero-order valence-electron chi connectivity index (χ0n) is 21.7. The first-order chi connectivity index (χ1) is 17.1. The second kappa shape index (κ2) is 15.9. The van der Waals surface area contributed by atoms with Gasteiger partial charge in [0.15, 0.2) is 0 Å². The summed E-state index contributed by atoms with van der Waals surface area (Å²) in [4.78, 5) is 8.00. The fraction of sp³-hybridized carbons (Fsp3) is 0.303. The van der Waals surface area contributed by atoms with E-state index in [4.69, 9.17) is 4.79 Å². The minimum atomic E-state index is 1.01. The number of hydrogen-bond donors (Lipinski definition) is 0. The Bertz CT molecular complexity index is 1140. The van der Waals surface area contributed by atoms with Gasteiger partial charge in [0, 0.05) is 0 Å². The molecule has 0 aliphatic heterocycles. The molecule has 0 aliphatic carbocycles. The Morgan fingerprint density at radius 3 is 2.34 bits per heavy atom. The van der Waals surface area contributed by atoms with Crippen LogP contribution in [-0.4, -0.2) is 18.3 Å². The van der Waals surface area contributed by atoms with Crippen molar-refractivity contribution < 1.29 is 4.79 Å². The van der Waals surface area contributed by atoms with Crippen LogP contribution in [0.1, 0.15) is 49.8 Å². The summed E-state index contributed by atoms with van der Waals surface area (Å²) < 4.78 is 0. The third-order valence-corrected chi connectivity index (χ3v) is 7.28. The van der Waals surface area contributed by atoms with Crippen molar-refractivity contribution in [1.29, 1.82) is 0 Å². The molecule has 0 N–H and O–H groups in total. The van der Waals surface area contributed by atoms with Gasteiger partial charge in [0.2, 0.25) is 0 Å². The van der Waals surface area contributed by atoms with Gasteiger partial charge in [-0.2, -0.15) is 11.8 Å². The van der Waals surface area contributed by atoms with E-state index in [0.29, 0.717) is 0 Å². The van der Waals surface area contributed by atoms with E-state index >= 15 is 0 Å². The lowest BCUT2D eigenvalue weighted by Crippen LogP contribution is -2.00. The molecule has 0 saturated heterocycles. The molecule has 0 fully saturated rings. The second-order valence-electron chi connectivity index (χ2n) is 8.83. The smallest absolute Gasteiger partial charge is 0.106 e. The molecule has 0 bridgehead atoms. The summed E-state index contributed by atoms with van der Waals surface area (Å²) in [7, 11) is 0. The van der Waals surface area contributed by atoms with Gasteiger partial charge in [-0.3, -0.25) is 0 Å². The molecule has 0 unspecified atom stereocenters. The number of fused-ring (bicyclic) bond motifs is 1. The van der Waals surface area contributed by atoms with E-state index < -0.39 is 0 Å². The highest BCUT2D eigenvalue weighted by atomic mass is 32.2. The van der Waals surface area contributed by atoms with Crippen LogP contribution in [0.15, 0.2) is 102 Å². The molecule has 0 amide bonds. The highest BCUT2D eigenvalue weighted by Crippen LogP contribution is 2.28. The first kappa shape index (κ1) is 28.4. The maximum atomic E-state index is 8.00. The lowest BCUT2D eigenvalue weighted by atomic mass is 9.90. The quantitative estimate of drug-likeness (QED) is 0.188. The summed E-state index contributed by atoms with van der Waals surface area (Å²) >= 11 is 2.07. The number of carbonyl (C=O) groups excluding carboxylic acids is 1. The summed E-state index contributed by atoms with van der Waals surface area (Å²) in [5.41, 5.74) is 8.77. The van der Waals surface area contributed by atoms with Crippen molar-refractivity contribution in [3.8, 4) is 0 Å². The van der Waals surface area contributed by atoms with Crippen molar-refractivity contribution in [1.82, 2.24) is 0 Å². The number of allylic oxidation sites excluding steroid dienone is 5. The van der Waals surface area contributed by atoms with Gasteiger partial charge in [0.25, 0.3) is 0 Å². The van der Waals surface area contributed by atoms with Crippen LogP contribution in [0.3, 0.4) is 0 Å². The molecule has 184 valence electrons. The second-order valence-corrected chi connectivity index (χ2v) is 10.1. The number of thioether (sulfide) groups is 1. The Labute approximate surface area is 217 Å². The van der Waals surface area contributed by atoms with Gasteiger partial charge in [0.1, 0.15) is 6.79 Å². The highest BCUT2D eigenvalue weighted by molar-refractivity contribution is 7.99. The van der Waals surface area contributed by atoms with Gasteiger partial charge in [-0.1, -0.05) is 104 Å². The van der Waals surface area contributed by atoms with Crippen LogP contribution < -0.4 is 0 Å². The number of hydrogen-bond acceptors (Lipinski definition) is 2. The molecule has 3 aromatic carbocycles. The third-order valence-electron chi connectivity index (χ3n) is 6.30. The van der Waals surface area contributed by atoms with Crippen LogP contribution in [0, 0.1) is 6.92 Å². The van der Waals surface area contributed by atoms with Crippen LogP contribution in [0.2, 0.25) is 0 Å². The molecule has 0 aromatic heterocycles. The van der Waals surface area contributed by atoms with E-state index in [0.717, 1.165) is 31.4 Å². The summed E-state index contributed by atoms with van der Waals surface area (Å²) in [6.45, 7) is 12.8. The fourth-order valence-electron chi connectivity index (χ4n) is 4.49. The minimum Gasteiger partial charge on any atom is -0.307 e. The Morgan fingerprint density at radius 1 is 0.914 bits per heavy atom. The number of rotatable bonds is 12. The molecule has 0 aliphatic rings. The standard InChI is InChI=1S/C32H38S.CH2O/c1-5-11-30(20-22-33-21-19-28-14-8-7-13-25(28)3)32(12-6-2)26(4)23-27-17-18-29-15-9-10-16-31(29)24-27;1-2/h5,7-11,13-18,24H,1,6,12,19-23H2,2-4H3;1H2/b30-11-,32-26+;. The van der Waals surface area contributed by atoms with E-state index in [2.05, 4.69) is 112 Å². The monoisotopic (exact) mass is 484 g/mol. The molecule has 0 radical (unpaired) electrons. The Hall–Kier alpha value is -2.84. The van der Waals surface area contributed by atoms with Crippen LogP contribution in [0.4, 0.5) is 0 Å². The summed E-state index contributed by atoms with van der Waals surface area (Å²) in [6.07, 6.45) is 9.77. The van der Waals surface area contributed by atoms with Gasteiger partial charge in [-0.25, -0.2) is 0 Å². The van der Waals surface area contributed by atoms with Crippen molar-refractivity contribution in [2.24, 2.45) is 0 Å². The summed E-state index contributed by atoms with van der Waals surface area (Å²) in [5.74, 6) is 2.33. The summed E-state index contributed by atoms with van der Waals surface area (Å²) in [6, 6.07) is 24.3. The van der Waals surface area contributed by atoms with E-state index in [9.17, 15) is 0 Å². The van der Waals surface area contributed by atoms with Crippen LogP contribution in [-0.2, 0) is 17.6 Å². The average molecular weight is 485 g/mol. The van der Waals surface area contributed by atoms with Gasteiger partial charge in [0.05, 0.1) is 0 Å². The zero-order chi connectivity index (χ0) is 25.5. The summed E-state index contributed by atoms with van der Waals surface area (Å²) in [5, 5.41) is 2.64. The number of benzene rings is 3. The molecule has 1 nitrogen and oxygen atoms in total. The van der Waals surface area contributed by atoms with Crippen LogP contribution in [0.5, 0.6) is 0 Å². The van der Waals surface area contributed by atoms with Gasteiger partial charge in [-0.05, 0) is 89.6 Å². The first-order valence-corrected chi connectivity index (χ1v) is 13.7. The number of carbonyl (C=O) groups is 1. The van der Waals surface area contributed by atoms with E-state index in [1.165, 1.54) is 56.4 Å². The molecule has 0 atom stereocenters. The van der Waals surface area contributed by atoms with E-state index in [-0.39, 0.29) is 0 Å². The molecule has 35 heavy (non-hydrogen) atoms. The third kappa shape index (κ3) is 9.03. The van der Waals surface area contributed by atoms with Gasteiger partial charge in [-0.15, -0.1) is 0 Å². The highest BCUT2D eigenvalue weighted by Gasteiger charge is 2.10. The van der Waals surface area contributed by atoms with E-state index in [1.54, 1.807) is 0 Å². The first-order valence-electron chi connectivity index (χ1n) is 12.5. The molecule has 0 spiro atoms. The number of aryl methyl sites for hydroxylation is 2. The largest absolute Gasteiger partial charge is 0.307 e. The van der Waals surface area contributed by atoms with Crippen LogP contribution in [0.25, 0.3) is 10.8 Å². The molecular formula is C33H40OS. The fourth-order valence-corrected chi connectivity index (χ4v) is 5.43. The molecule has 0 saturated carbocycles. The minimum absolute atomic E-state index is 1.01. The molecule has 0 heterocycles. The van der Waals surface area contributed by atoms with E-state index in [1.807, 2.05) is 12.9 Å². The van der Waals surface area contributed by atoms with Gasteiger partial charge < -0.3 is 4.79 Å². The molecular weight excluding hydrogens is 444 g/mol. The zero-order valence-corrected chi connectivity index (χ0v) is 22.5. The molecule has 2 heteroatoms. The van der Waals surface area contributed by atoms with Crippen molar-refractivity contribution in [3.05, 3.63) is 119 Å².